The maximum atomic E-state index is 11.3. The summed E-state index contributed by atoms with van der Waals surface area (Å²) >= 11 is 0. The Bertz CT molecular complexity index is 749. The molecule has 0 amide bonds. The van der Waals surface area contributed by atoms with Crippen LogP contribution in [0.5, 0.6) is 0 Å². The molecule has 0 aliphatic carbocycles. The molecule has 7 nitrogen and oxygen atoms in total. The first-order chi connectivity index (χ1) is 11.1. The summed E-state index contributed by atoms with van der Waals surface area (Å²) in [5.74, 6) is -0.375. The minimum absolute atomic E-state index is 0.139. The number of hydrogen-bond acceptors (Lipinski definition) is 5. The van der Waals surface area contributed by atoms with E-state index in [0.29, 0.717) is 24.6 Å². The number of rotatable bonds is 7. The van der Waals surface area contributed by atoms with Crippen LogP contribution in [0.3, 0.4) is 0 Å². The monoisotopic (exact) mass is 313 g/mol. The van der Waals surface area contributed by atoms with Crippen molar-refractivity contribution in [3.8, 4) is 0 Å². The maximum Gasteiger partial charge on any atom is 0.337 e. The number of carbonyl (C=O) groups is 1. The van der Waals surface area contributed by atoms with Gasteiger partial charge in [-0.1, -0.05) is 18.7 Å². The lowest BCUT2D eigenvalue weighted by molar-refractivity contribution is 0.0698. The van der Waals surface area contributed by atoms with E-state index >= 15 is 0 Å². The van der Waals surface area contributed by atoms with E-state index < -0.39 is 5.97 Å². The van der Waals surface area contributed by atoms with Crippen LogP contribution in [0, 0.1) is 0 Å². The second kappa shape index (κ2) is 7.37. The van der Waals surface area contributed by atoms with Gasteiger partial charge in [-0.25, -0.2) is 9.48 Å². The van der Waals surface area contributed by atoms with Crippen LogP contribution in [-0.4, -0.2) is 32.4 Å². The Morgan fingerprint density at radius 3 is 3.00 bits per heavy atom. The van der Waals surface area contributed by atoms with Gasteiger partial charge in [0.05, 0.1) is 29.7 Å². The lowest BCUT2D eigenvalue weighted by Crippen LogP contribution is -2.14. The highest BCUT2D eigenvalue weighted by atomic mass is 16.4. The first kappa shape index (κ1) is 16.4. The van der Waals surface area contributed by atoms with Crippen LogP contribution in [0.25, 0.3) is 5.57 Å². The van der Waals surface area contributed by atoms with Crippen LogP contribution in [0.2, 0.25) is 0 Å². The molecule has 0 fully saturated rings. The third-order valence-corrected chi connectivity index (χ3v) is 3.21. The molecule has 2 heterocycles. The Hall–Kier alpha value is -2.93. The molecule has 0 atom stereocenters. The molecule has 0 spiro atoms. The fourth-order valence-electron chi connectivity index (χ4n) is 2.08. The first-order valence-corrected chi connectivity index (χ1v) is 7.08. The van der Waals surface area contributed by atoms with Gasteiger partial charge in [0.2, 0.25) is 0 Å². The van der Waals surface area contributed by atoms with Crippen LogP contribution in [0.1, 0.15) is 23.0 Å². The Balaban J connectivity index is 2.41. The van der Waals surface area contributed by atoms with E-state index in [1.165, 1.54) is 18.5 Å². The minimum Gasteiger partial charge on any atom is -0.478 e. The molecule has 7 heteroatoms. The predicted octanol–water partition coefficient (Wildman–Crippen LogP) is 2.27. The Morgan fingerprint density at radius 1 is 1.57 bits per heavy atom. The molecule has 0 saturated heterocycles. The summed E-state index contributed by atoms with van der Waals surface area (Å²) in [5, 5.41) is 16.8. The number of anilines is 2. The van der Waals surface area contributed by atoms with Crippen molar-refractivity contribution >= 4 is 23.0 Å². The molecular weight excluding hydrogens is 294 g/mol. The van der Waals surface area contributed by atoms with Gasteiger partial charge < -0.3 is 16.2 Å². The maximum absolute atomic E-state index is 11.3. The first-order valence-electron chi connectivity index (χ1n) is 7.08. The van der Waals surface area contributed by atoms with E-state index in [9.17, 15) is 9.90 Å². The molecule has 0 saturated carbocycles. The Morgan fingerprint density at radius 2 is 2.35 bits per heavy atom. The van der Waals surface area contributed by atoms with Crippen LogP contribution >= 0.6 is 0 Å². The molecular formula is C16H19N5O2. The fraction of sp³-hybridized carbons (Fsp3) is 0.188. The third kappa shape index (κ3) is 3.83. The molecule has 120 valence electrons. The molecule has 0 unspecified atom stereocenters. The summed E-state index contributed by atoms with van der Waals surface area (Å²) in [4.78, 5) is 15.3. The molecule has 4 N–H and O–H groups in total. The van der Waals surface area contributed by atoms with Crippen molar-refractivity contribution in [3.05, 3.63) is 54.5 Å². The van der Waals surface area contributed by atoms with E-state index in [1.54, 1.807) is 10.8 Å². The van der Waals surface area contributed by atoms with Crippen molar-refractivity contribution in [2.24, 2.45) is 5.73 Å². The van der Waals surface area contributed by atoms with Crippen molar-refractivity contribution in [2.45, 2.75) is 13.5 Å². The summed E-state index contributed by atoms with van der Waals surface area (Å²) < 4.78 is 1.70. The highest BCUT2D eigenvalue weighted by Gasteiger charge is 2.14. The lowest BCUT2D eigenvalue weighted by atomic mass is 10.2. The third-order valence-electron chi connectivity index (χ3n) is 3.21. The molecule has 2 aromatic heterocycles. The van der Waals surface area contributed by atoms with Gasteiger partial charge in [0.15, 0.2) is 0 Å². The van der Waals surface area contributed by atoms with Gasteiger partial charge in [0.25, 0.3) is 0 Å². The second-order valence-corrected chi connectivity index (χ2v) is 4.86. The Kier molecular flexibility index (Phi) is 5.27. The summed E-state index contributed by atoms with van der Waals surface area (Å²) in [7, 11) is 0. The molecule has 0 aromatic carbocycles. The van der Waals surface area contributed by atoms with Gasteiger partial charge >= 0.3 is 5.97 Å². The molecule has 0 aliphatic rings. The van der Waals surface area contributed by atoms with Gasteiger partial charge in [-0.05, 0) is 18.6 Å². The van der Waals surface area contributed by atoms with Gasteiger partial charge in [0, 0.05) is 18.8 Å². The second-order valence-electron chi connectivity index (χ2n) is 4.86. The number of nitrogens with zero attached hydrogens (tertiary/aromatic N) is 3. The number of hydrogen-bond donors (Lipinski definition) is 3. The zero-order valence-electron chi connectivity index (χ0n) is 12.9. The van der Waals surface area contributed by atoms with Gasteiger partial charge in [-0.3, -0.25) is 4.98 Å². The van der Waals surface area contributed by atoms with Gasteiger partial charge in [0.1, 0.15) is 5.82 Å². The average Bonchev–Trinajstić information content (AvgIpc) is 2.91. The number of nitrogens with two attached hydrogens (primary N) is 1. The van der Waals surface area contributed by atoms with Crippen LogP contribution < -0.4 is 11.1 Å². The summed E-state index contributed by atoms with van der Waals surface area (Å²) in [6.07, 6.45) is 6.45. The largest absolute Gasteiger partial charge is 0.478 e. The molecule has 0 radical (unpaired) electrons. The zero-order valence-corrected chi connectivity index (χ0v) is 12.9. The molecule has 23 heavy (non-hydrogen) atoms. The Labute approximate surface area is 134 Å². The highest BCUT2D eigenvalue weighted by molar-refractivity contribution is 5.94. The van der Waals surface area contributed by atoms with E-state index in [1.807, 2.05) is 19.1 Å². The van der Waals surface area contributed by atoms with E-state index in [2.05, 4.69) is 22.0 Å². The quantitative estimate of drug-likeness (QED) is 0.677. The number of nitrogens with one attached hydrogen (secondary N) is 1. The molecule has 0 bridgehead atoms. The van der Waals surface area contributed by atoms with E-state index in [-0.39, 0.29) is 5.56 Å². The standard InChI is InChI=1S/C16H19N5O2/c1-3-4-11(2)13-9-15(21(20-13)8-6-17)19-14-10-18-7-5-12(14)16(22)23/h3-5,7,9-10,19H,1,6,8,17H2,2H3,(H,22,23)/b11-4+. The fourth-order valence-corrected chi connectivity index (χ4v) is 2.08. The number of carboxylic acid groups (broad SMARTS) is 1. The number of carboxylic acids is 1. The summed E-state index contributed by atoms with van der Waals surface area (Å²) in [6.45, 7) is 6.52. The zero-order chi connectivity index (χ0) is 16.8. The van der Waals surface area contributed by atoms with Gasteiger partial charge in [-0.15, -0.1) is 0 Å². The average molecular weight is 313 g/mol. The molecule has 2 rings (SSSR count). The van der Waals surface area contributed by atoms with Gasteiger partial charge in [-0.2, -0.15) is 5.10 Å². The van der Waals surface area contributed by atoms with Crippen molar-refractivity contribution in [1.29, 1.82) is 0 Å². The SMILES string of the molecule is C=C/C=C(\C)c1cc(Nc2cnccc2C(=O)O)n(CCN)n1. The van der Waals surface area contributed by atoms with Crippen molar-refractivity contribution < 1.29 is 9.90 Å². The van der Waals surface area contributed by atoms with Crippen LogP contribution in [-0.2, 0) is 6.54 Å². The summed E-state index contributed by atoms with van der Waals surface area (Å²) in [6, 6.07) is 3.28. The van der Waals surface area contributed by atoms with Crippen LogP contribution in [0.15, 0.2) is 43.3 Å². The predicted molar refractivity (Wildman–Crippen MR) is 89.6 cm³/mol. The number of aromatic nitrogens is 3. The van der Waals surface area contributed by atoms with E-state index in [4.69, 9.17) is 5.73 Å². The number of pyridine rings is 1. The number of aromatic carboxylic acids is 1. The normalized spacial score (nSPS) is 11.3. The number of allylic oxidation sites excluding steroid dienone is 3. The van der Waals surface area contributed by atoms with Crippen LogP contribution in [0.4, 0.5) is 11.5 Å². The lowest BCUT2D eigenvalue weighted by Gasteiger charge is -2.10. The topological polar surface area (TPSA) is 106 Å². The summed E-state index contributed by atoms with van der Waals surface area (Å²) in [5.41, 5.74) is 7.87. The van der Waals surface area contributed by atoms with E-state index in [0.717, 1.165) is 11.3 Å². The molecule has 0 aliphatic heterocycles. The van der Waals surface area contributed by atoms with Crippen molar-refractivity contribution in [1.82, 2.24) is 14.8 Å². The minimum atomic E-state index is -1.03. The smallest absolute Gasteiger partial charge is 0.337 e. The highest BCUT2D eigenvalue weighted by Crippen LogP contribution is 2.23. The van der Waals surface area contributed by atoms with Crippen molar-refractivity contribution in [3.63, 3.8) is 0 Å². The van der Waals surface area contributed by atoms with Crippen molar-refractivity contribution in [2.75, 3.05) is 11.9 Å². The molecule has 2 aromatic rings.